The minimum absolute atomic E-state index is 0.204. The van der Waals surface area contributed by atoms with Crippen LogP contribution in [-0.2, 0) is 10.1 Å². The van der Waals surface area contributed by atoms with Crippen LogP contribution in [0, 0.1) is 0 Å². The zero-order valence-corrected chi connectivity index (χ0v) is 10.5. The molecule has 0 aromatic heterocycles. The van der Waals surface area contributed by atoms with E-state index in [9.17, 15) is 13.5 Å². The number of aliphatic hydroxyl groups excluding tert-OH is 1. The Hall–Kier alpha value is -1.11. The van der Waals surface area contributed by atoms with E-state index in [2.05, 4.69) is 0 Å². The first kappa shape index (κ1) is 12.0. The number of fused-ring (bicyclic) bond motifs is 1. The largest absolute Gasteiger partial charge is 0.487 e. The lowest BCUT2D eigenvalue weighted by atomic mass is 9.73. The van der Waals surface area contributed by atoms with E-state index in [4.69, 9.17) is 9.29 Å². The summed E-state index contributed by atoms with van der Waals surface area (Å²) in [7, 11) is -4.24. The van der Waals surface area contributed by atoms with E-state index < -0.39 is 16.2 Å². The summed E-state index contributed by atoms with van der Waals surface area (Å²) in [4.78, 5) is -0.204. The van der Waals surface area contributed by atoms with Gasteiger partial charge >= 0.3 is 0 Å². The predicted octanol–water partition coefficient (Wildman–Crippen LogP) is 1.67. The van der Waals surface area contributed by atoms with Crippen LogP contribution in [0.15, 0.2) is 23.1 Å². The van der Waals surface area contributed by atoms with Crippen LogP contribution >= 0.6 is 0 Å². The van der Waals surface area contributed by atoms with Gasteiger partial charge in [-0.3, -0.25) is 4.55 Å². The van der Waals surface area contributed by atoms with Gasteiger partial charge in [-0.1, -0.05) is 6.07 Å². The lowest BCUT2D eigenvalue weighted by Gasteiger charge is -2.46. The van der Waals surface area contributed by atoms with Gasteiger partial charge < -0.3 is 9.84 Å². The van der Waals surface area contributed by atoms with Crippen molar-refractivity contribution in [3.05, 3.63) is 23.8 Å². The lowest BCUT2D eigenvalue weighted by Crippen LogP contribution is -2.46. The maximum absolute atomic E-state index is 11.1. The van der Waals surface area contributed by atoms with Crippen molar-refractivity contribution in [1.29, 1.82) is 0 Å². The molecule has 0 bridgehead atoms. The molecule has 0 amide bonds. The number of hydrogen-bond acceptors (Lipinski definition) is 4. The molecule has 1 aromatic rings. The van der Waals surface area contributed by atoms with Crippen LogP contribution in [0.4, 0.5) is 0 Å². The van der Waals surface area contributed by atoms with Crippen molar-refractivity contribution in [2.75, 3.05) is 0 Å². The molecule has 1 aromatic carbocycles. The van der Waals surface area contributed by atoms with Crippen molar-refractivity contribution in [2.45, 2.75) is 42.3 Å². The molecule has 6 heteroatoms. The van der Waals surface area contributed by atoms with Gasteiger partial charge in [-0.25, -0.2) is 0 Å². The molecule has 0 radical (unpaired) electrons. The molecule has 5 nitrogen and oxygen atoms in total. The second kappa shape index (κ2) is 3.69. The summed E-state index contributed by atoms with van der Waals surface area (Å²) >= 11 is 0. The zero-order valence-electron chi connectivity index (χ0n) is 9.67. The van der Waals surface area contributed by atoms with Crippen LogP contribution in [0.25, 0.3) is 0 Å². The Labute approximate surface area is 105 Å². The van der Waals surface area contributed by atoms with Crippen molar-refractivity contribution in [3.8, 4) is 5.75 Å². The third-order valence-corrected chi connectivity index (χ3v) is 4.65. The molecule has 1 saturated carbocycles. The van der Waals surface area contributed by atoms with Crippen molar-refractivity contribution in [1.82, 2.24) is 0 Å². The first-order valence-electron chi connectivity index (χ1n) is 5.88. The highest BCUT2D eigenvalue weighted by Gasteiger charge is 2.45. The standard InChI is InChI=1S/C12H14O5S/c13-10-7-12(4-1-5-12)17-11-6-8(18(14,15)16)2-3-9(10)11/h2-3,6,10,13H,1,4-5,7H2,(H,14,15,16). The third kappa shape index (κ3) is 1.81. The molecule has 1 heterocycles. The van der Waals surface area contributed by atoms with Crippen LogP contribution in [0.1, 0.15) is 37.4 Å². The Morgan fingerprint density at radius 1 is 1.33 bits per heavy atom. The fourth-order valence-corrected chi connectivity index (χ4v) is 3.15. The second-order valence-electron chi connectivity index (χ2n) is 5.03. The Morgan fingerprint density at radius 2 is 2.06 bits per heavy atom. The molecule has 98 valence electrons. The van der Waals surface area contributed by atoms with Gasteiger partial charge in [-0.05, 0) is 25.3 Å². The summed E-state index contributed by atoms with van der Waals surface area (Å²) in [5, 5.41) is 10.1. The average Bonchev–Trinajstić information content (AvgIpc) is 2.25. The smallest absolute Gasteiger partial charge is 0.294 e. The molecule has 1 fully saturated rings. The normalized spacial score (nSPS) is 25.1. The number of hydrogen-bond donors (Lipinski definition) is 2. The maximum Gasteiger partial charge on any atom is 0.294 e. The van der Waals surface area contributed by atoms with E-state index in [1.54, 1.807) is 0 Å². The minimum atomic E-state index is -4.24. The summed E-state index contributed by atoms with van der Waals surface area (Å²) in [6.45, 7) is 0. The molecule has 1 atom stereocenters. The Bertz CT molecular complexity index is 588. The van der Waals surface area contributed by atoms with Gasteiger partial charge in [0.05, 0.1) is 11.0 Å². The fraction of sp³-hybridized carbons (Fsp3) is 0.500. The molecule has 18 heavy (non-hydrogen) atoms. The van der Waals surface area contributed by atoms with Gasteiger partial charge in [0, 0.05) is 18.1 Å². The first-order chi connectivity index (χ1) is 8.40. The first-order valence-corrected chi connectivity index (χ1v) is 7.32. The highest BCUT2D eigenvalue weighted by atomic mass is 32.2. The van der Waals surface area contributed by atoms with E-state index in [0.29, 0.717) is 17.7 Å². The summed E-state index contributed by atoms with van der Waals surface area (Å²) in [5.74, 6) is 0.364. The van der Waals surface area contributed by atoms with Gasteiger partial charge in [0.25, 0.3) is 10.1 Å². The number of benzene rings is 1. The number of ether oxygens (including phenoxy) is 1. The molecule has 1 spiro atoms. The second-order valence-corrected chi connectivity index (χ2v) is 6.45. The molecular formula is C12H14O5S. The molecule has 1 aliphatic heterocycles. The molecule has 2 N–H and O–H groups in total. The van der Waals surface area contributed by atoms with Crippen LogP contribution in [0.2, 0.25) is 0 Å². The van der Waals surface area contributed by atoms with Crippen LogP contribution < -0.4 is 4.74 Å². The number of aliphatic hydroxyl groups is 1. The van der Waals surface area contributed by atoms with Gasteiger partial charge in [0.15, 0.2) is 0 Å². The lowest BCUT2D eigenvalue weighted by molar-refractivity contribution is -0.0665. The van der Waals surface area contributed by atoms with Crippen LogP contribution in [0.5, 0.6) is 5.75 Å². The average molecular weight is 270 g/mol. The maximum atomic E-state index is 11.1. The quantitative estimate of drug-likeness (QED) is 0.758. The molecule has 1 aliphatic carbocycles. The predicted molar refractivity (Wildman–Crippen MR) is 63.0 cm³/mol. The Balaban J connectivity index is 2.05. The summed E-state index contributed by atoms with van der Waals surface area (Å²) in [6.07, 6.45) is 2.72. The molecule has 1 unspecified atom stereocenters. The Kier molecular flexibility index (Phi) is 2.45. The van der Waals surface area contributed by atoms with Crippen molar-refractivity contribution in [2.24, 2.45) is 0 Å². The van der Waals surface area contributed by atoms with E-state index in [0.717, 1.165) is 19.3 Å². The van der Waals surface area contributed by atoms with Gasteiger partial charge in [0.2, 0.25) is 0 Å². The highest BCUT2D eigenvalue weighted by Crippen LogP contribution is 2.49. The molecule has 2 aliphatic rings. The topological polar surface area (TPSA) is 83.8 Å². The van der Waals surface area contributed by atoms with Crippen molar-refractivity contribution < 1.29 is 22.8 Å². The monoisotopic (exact) mass is 270 g/mol. The molecule has 3 rings (SSSR count). The van der Waals surface area contributed by atoms with E-state index in [1.807, 2.05) is 0 Å². The van der Waals surface area contributed by atoms with Gasteiger partial charge in [0.1, 0.15) is 11.4 Å². The third-order valence-electron chi connectivity index (χ3n) is 3.80. The van der Waals surface area contributed by atoms with E-state index in [1.165, 1.54) is 18.2 Å². The minimum Gasteiger partial charge on any atom is -0.487 e. The fourth-order valence-electron chi connectivity index (χ4n) is 2.65. The van der Waals surface area contributed by atoms with Crippen LogP contribution in [0.3, 0.4) is 0 Å². The SMILES string of the molecule is O=S(=O)(O)c1ccc2c(c1)OC1(CCC1)CC2O. The molecular weight excluding hydrogens is 256 g/mol. The van der Waals surface area contributed by atoms with E-state index in [-0.39, 0.29) is 10.5 Å². The molecule has 0 saturated heterocycles. The van der Waals surface area contributed by atoms with Crippen molar-refractivity contribution in [3.63, 3.8) is 0 Å². The number of rotatable bonds is 1. The van der Waals surface area contributed by atoms with E-state index >= 15 is 0 Å². The van der Waals surface area contributed by atoms with Gasteiger partial charge in [-0.2, -0.15) is 8.42 Å². The Morgan fingerprint density at radius 3 is 2.61 bits per heavy atom. The summed E-state index contributed by atoms with van der Waals surface area (Å²) in [6, 6.07) is 4.06. The van der Waals surface area contributed by atoms with Crippen molar-refractivity contribution >= 4 is 10.1 Å². The summed E-state index contributed by atoms with van der Waals surface area (Å²) in [5.41, 5.74) is 0.240. The zero-order chi connectivity index (χ0) is 13.0. The highest BCUT2D eigenvalue weighted by molar-refractivity contribution is 7.85. The van der Waals surface area contributed by atoms with Gasteiger partial charge in [-0.15, -0.1) is 0 Å². The van der Waals surface area contributed by atoms with Crippen LogP contribution in [-0.4, -0.2) is 23.7 Å². The summed E-state index contributed by atoms with van der Waals surface area (Å²) < 4.78 is 37.0.